The molecule has 1 aromatic rings. The molecule has 1 aliphatic rings. The van der Waals surface area contributed by atoms with Crippen molar-refractivity contribution in [3.05, 3.63) is 22.4 Å². The van der Waals surface area contributed by atoms with Crippen LogP contribution in [0.15, 0.2) is 16.8 Å². The van der Waals surface area contributed by atoms with Crippen LogP contribution < -0.4 is 0 Å². The number of likely N-dealkylation sites (tertiary alicyclic amines) is 1. The highest BCUT2D eigenvalue weighted by Gasteiger charge is 2.19. The third-order valence-corrected chi connectivity index (χ3v) is 3.68. The Hall–Kier alpha value is 0.140. The van der Waals surface area contributed by atoms with Crippen LogP contribution in [0.4, 0.5) is 0 Å². The molecular weight excluding hydrogens is 234 g/mol. The first-order valence-corrected chi connectivity index (χ1v) is 6.08. The fourth-order valence-electron chi connectivity index (χ4n) is 1.57. The highest BCUT2D eigenvalue weighted by molar-refractivity contribution is 9.09. The van der Waals surface area contributed by atoms with Crippen molar-refractivity contribution in [3.63, 3.8) is 0 Å². The SMILES string of the molecule is BrC1CCN(Cc2ccsc2)C1. The molecule has 1 aliphatic heterocycles. The molecule has 2 rings (SSSR count). The van der Waals surface area contributed by atoms with Crippen LogP contribution >= 0.6 is 27.3 Å². The Morgan fingerprint density at radius 3 is 3.17 bits per heavy atom. The summed E-state index contributed by atoms with van der Waals surface area (Å²) in [5, 5.41) is 4.39. The zero-order chi connectivity index (χ0) is 8.39. The van der Waals surface area contributed by atoms with Gasteiger partial charge in [-0.05, 0) is 35.4 Å². The molecule has 0 radical (unpaired) electrons. The summed E-state index contributed by atoms with van der Waals surface area (Å²) in [4.78, 5) is 3.22. The maximum absolute atomic E-state index is 3.64. The first kappa shape index (κ1) is 8.73. The third kappa shape index (κ3) is 2.09. The molecule has 1 fully saturated rings. The minimum absolute atomic E-state index is 0.719. The Morgan fingerprint density at radius 2 is 2.58 bits per heavy atom. The van der Waals surface area contributed by atoms with E-state index in [-0.39, 0.29) is 0 Å². The predicted molar refractivity (Wildman–Crippen MR) is 56.9 cm³/mol. The number of rotatable bonds is 2. The van der Waals surface area contributed by atoms with E-state index in [1.807, 2.05) is 0 Å². The van der Waals surface area contributed by atoms with E-state index in [2.05, 4.69) is 37.7 Å². The summed E-state index contributed by atoms with van der Waals surface area (Å²) in [5.41, 5.74) is 1.46. The van der Waals surface area contributed by atoms with Crippen LogP contribution in [0, 0.1) is 0 Å². The average molecular weight is 246 g/mol. The molecule has 0 bridgehead atoms. The highest BCUT2D eigenvalue weighted by Crippen LogP contribution is 2.19. The van der Waals surface area contributed by atoms with Crippen LogP contribution in [-0.4, -0.2) is 22.8 Å². The molecule has 12 heavy (non-hydrogen) atoms. The van der Waals surface area contributed by atoms with Gasteiger partial charge < -0.3 is 0 Å². The lowest BCUT2D eigenvalue weighted by molar-refractivity contribution is 0.333. The van der Waals surface area contributed by atoms with Gasteiger partial charge in [0.25, 0.3) is 0 Å². The molecule has 3 heteroatoms. The van der Waals surface area contributed by atoms with E-state index < -0.39 is 0 Å². The molecule has 0 aromatic carbocycles. The van der Waals surface area contributed by atoms with Gasteiger partial charge in [0.2, 0.25) is 0 Å². The normalized spacial score (nSPS) is 24.9. The van der Waals surface area contributed by atoms with E-state index in [1.54, 1.807) is 11.3 Å². The molecule has 1 atom stereocenters. The maximum atomic E-state index is 3.64. The molecular formula is C9H12BrNS. The lowest BCUT2D eigenvalue weighted by atomic mass is 10.3. The topological polar surface area (TPSA) is 3.24 Å². The molecule has 66 valence electrons. The standard InChI is InChI=1S/C9H12BrNS/c10-9-1-3-11(6-9)5-8-2-4-12-7-8/h2,4,7,9H,1,3,5-6H2. The van der Waals surface area contributed by atoms with Crippen molar-refractivity contribution in [2.75, 3.05) is 13.1 Å². The van der Waals surface area contributed by atoms with Crippen LogP contribution in [-0.2, 0) is 6.54 Å². The zero-order valence-electron chi connectivity index (χ0n) is 6.87. The van der Waals surface area contributed by atoms with Crippen molar-refractivity contribution in [3.8, 4) is 0 Å². The van der Waals surface area contributed by atoms with Crippen molar-refractivity contribution < 1.29 is 0 Å². The molecule has 1 saturated heterocycles. The van der Waals surface area contributed by atoms with Gasteiger partial charge in [-0.1, -0.05) is 15.9 Å². The second kappa shape index (κ2) is 3.90. The summed E-state index contributed by atoms with van der Waals surface area (Å²) in [7, 11) is 0. The van der Waals surface area contributed by atoms with Crippen LogP contribution in [0.25, 0.3) is 0 Å². The minimum atomic E-state index is 0.719. The summed E-state index contributed by atoms with van der Waals surface area (Å²) < 4.78 is 0. The second-order valence-corrected chi connectivity index (χ2v) is 5.33. The molecule has 0 N–H and O–H groups in total. The number of hydrogen-bond acceptors (Lipinski definition) is 2. The number of thiophene rings is 1. The van der Waals surface area contributed by atoms with E-state index in [4.69, 9.17) is 0 Å². The Morgan fingerprint density at radius 1 is 1.67 bits per heavy atom. The molecule has 1 unspecified atom stereocenters. The smallest absolute Gasteiger partial charge is 0.0285 e. The van der Waals surface area contributed by atoms with Gasteiger partial charge in [0.1, 0.15) is 0 Å². The fraction of sp³-hybridized carbons (Fsp3) is 0.556. The average Bonchev–Trinajstić information content (AvgIpc) is 2.63. The van der Waals surface area contributed by atoms with Crippen molar-refractivity contribution in [2.45, 2.75) is 17.8 Å². The lowest BCUT2D eigenvalue weighted by Crippen LogP contribution is -2.19. The molecule has 2 heterocycles. The largest absolute Gasteiger partial charge is 0.298 e. The van der Waals surface area contributed by atoms with Crippen molar-refractivity contribution in [1.82, 2.24) is 4.90 Å². The van der Waals surface area contributed by atoms with E-state index in [1.165, 1.54) is 25.1 Å². The van der Waals surface area contributed by atoms with Gasteiger partial charge in [-0.25, -0.2) is 0 Å². The summed E-state index contributed by atoms with van der Waals surface area (Å²) in [6, 6.07) is 2.21. The Kier molecular flexibility index (Phi) is 2.84. The van der Waals surface area contributed by atoms with Crippen LogP contribution in [0.1, 0.15) is 12.0 Å². The van der Waals surface area contributed by atoms with Crippen LogP contribution in [0.2, 0.25) is 0 Å². The quantitative estimate of drug-likeness (QED) is 0.725. The molecule has 0 spiro atoms. The van der Waals surface area contributed by atoms with E-state index in [9.17, 15) is 0 Å². The first-order valence-electron chi connectivity index (χ1n) is 4.22. The fourth-order valence-corrected chi connectivity index (χ4v) is 2.84. The summed E-state index contributed by atoms with van der Waals surface area (Å²) >= 11 is 5.43. The maximum Gasteiger partial charge on any atom is 0.0285 e. The molecule has 0 saturated carbocycles. The number of alkyl halides is 1. The third-order valence-electron chi connectivity index (χ3n) is 2.20. The Bertz CT molecular complexity index is 235. The van der Waals surface area contributed by atoms with Gasteiger partial charge in [-0.2, -0.15) is 11.3 Å². The molecule has 0 amide bonds. The van der Waals surface area contributed by atoms with Gasteiger partial charge in [-0.15, -0.1) is 0 Å². The van der Waals surface area contributed by atoms with E-state index in [0.717, 1.165) is 11.4 Å². The Balaban J connectivity index is 1.88. The van der Waals surface area contributed by atoms with Gasteiger partial charge in [0.05, 0.1) is 0 Å². The van der Waals surface area contributed by atoms with Crippen molar-refractivity contribution in [2.24, 2.45) is 0 Å². The number of halogens is 1. The molecule has 1 aromatic heterocycles. The molecule has 1 nitrogen and oxygen atoms in total. The van der Waals surface area contributed by atoms with E-state index in [0.29, 0.717) is 0 Å². The minimum Gasteiger partial charge on any atom is -0.298 e. The second-order valence-electron chi connectivity index (χ2n) is 3.25. The van der Waals surface area contributed by atoms with Gasteiger partial charge in [0, 0.05) is 17.9 Å². The predicted octanol–water partition coefficient (Wildman–Crippen LogP) is 2.72. The molecule has 0 aliphatic carbocycles. The summed E-state index contributed by atoms with van der Waals surface area (Å²) in [5.74, 6) is 0. The van der Waals surface area contributed by atoms with Crippen LogP contribution in [0.3, 0.4) is 0 Å². The van der Waals surface area contributed by atoms with Gasteiger partial charge in [-0.3, -0.25) is 4.90 Å². The Labute approximate surface area is 85.5 Å². The van der Waals surface area contributed by atoms with Crippen LogP contribution in [0.5, 0.6) is 0 Å². The first-order chi connectivity index (χ1) is 5.84. The number of nitrogens with zero attached hydrogens (tertiary/aromatic N) is 1. The number of hydrogen-bond donors (Lipinski definition) is 0. The zero-order valence-corrected chi connectivity index (χ0v) is 9.27. The van der Waals surface area contributed by atoms with Gasteiger partial charge in [0.15, 0.2) is 0 Å². The van der Waals surface area contributed by atoms with E-state index >= 15 is 0 Å². The highest BCUT2D eigenvalue weighted by atomic mass is 79.9. The summed E-state index contributed by atoms with van der Waals surface area (Å²) in [6.45, 7) is 3.58. The van der Waals surface area contributed by atoms with Crippen molar-refractivity contribution >= 4 is 27.3 Å². The van der Waals surface area contributed by atoms with Gasteiger partial charge >= 0.3 is 0 Å². The lowest BCUT2D eigenvalue weighted by Gasteiger charge is -2.13. The summed E-state index contributed by atoms with van der Waals surface area (Å²) in [6.07, 6.45) is 1.30. The van der Waals surface area contributed by atoms with Crippen molar-refractivity contribution in [1.29, 1.82) is 0 Å². The monoisotopic (exact) mass is 245 g/mol.